The minimum absolute atomic E-state index is 0.182. The molecule has 21 heavy (non-hydrogen) atoms. The highest BCUT2D eigenvalue weighted by Crippen LogP contribution is 2.27. The van der Waals surface area contributed by atoms with E-state index in [0.29, 0.717) is 16.7 Å². The van der Waals surface area contributed by atoms with Gasteiger partial charge in [0.1, 0.15) is 4.90 Å². The summed E-state index contributed by atoms with van der Waals surface area (Å²) in [5.74, 6) is 0. The van der Waals surface area contributed by atoms with E-state index < -0.39 is 10.0 Å². The summed E-state index contributed by atoms with van der Waals surface area (Å²) in [6, 6.07) is 10.3. The standard InChI is InChI=1S/C14H14Br2N2O2S/c1-9-6-11(15)3-4-13(9)18-21(19,20)14-5-2-10(8-17)7-12(14)16/h2-7,18H,8,17H2,1H3. The van der Waals surface area contributed by atoms with Crippen LogP contribution in [0.3, 0.4) is 0 Å². The number of benzene rings is 2. The molecule has 0 fully saturated rings. The van der Waals surface area contributed by atoms with Crippen molar-refractivity contribution in [1.29, 1.82) is 0 Å². The first-order valence-corrected chi connectivity index (χ1v) is 9.18. The highest BCUT2D eigenvalue weighted by Gasteiger charge is 2.18. The maximum Gasteiger partial charge on any atom is 0.263 e. The van der Waals surface area contributed by atoms with E-state index in [2.05, 4.69) is 36.6 Å². The van der Waals surface area contributed by atoms with Crippen LogP contribution < -0.4 is 10.5 Å². The molecule has 2 aromatic rings. The maximum atomic E-state index is 12.5. The van der Waals surface area contributed by atoms with Crippen LogP contribution in [0.1, 0.15) is 11.1 Å². The first kappa shape index (κ1) is 16.5. The van der Waals surface area contributed by atoms with Gasteiger partial charge in [-0.2, -0.15) is 0 Å². The molecule has 0 radical (unpaired) electrons. The van der Waals surface area contributed by atoms with Crippen LogP contribution in [0.4, 0.5) is 5.69 Å². The van der Waals surface area contributed by atoms with Gasteiger partial charge in [0.2, 0.25) is 0 Å². The summed E-state index contributed by atoms with van der Waals surface area (Å²) in [6.07, 6.45) is 0. The molecular formula is C14H14Br2N2O2S. The van der Waals surface area contributed by atoms with E-state index in [1.165, 1.54) is 0 Å². The number of nitrogens with two attached hydrogens (primary N) is 1. The lowest BCUT2D eigenvalue weighted by molar-refractivity contribution is 0.600. The Morgan fingerprint density at radius 1 is 1.14 bits per heavy atom. The normalized spacial score (nSPS) is 11.4. The van der Waals surface area contributed by atoms with E-state index in [1.54, 1.807) is 30.3 Å². The largest absolute Gasteiger partial charge is 0.326 e. The van der Waals surface area contributed by atoms with Crippen molar-refractivity contribution in [3.05, 3.63) is 56.5 Å². The molecule has 0 saturated heterocycles. The minimum Gasteiger partial charge on any atom is -0.326 e. The molecule has 0 unspecified atom stereocenters. The second kappa shape index (κ2) is 6.48. The number of anilines is 1. The number of hydrogen-bond donors (Lipinski definition) is 2. The number of aryl methyl sites for hydroxylation is 1. The Hall–Kier alpha value is -0.890. The number of nitrogens with one attached hydrogen (secondary N) is 1. The van der Waals surface area contributed by atoms with Gasteiger partial charge in [-0.25, -0.2) is 8.42 Å². The molecule has 0 saturated carbocycles. The zero-order valence-corrected chi connectivity index (χ0v) is 15.2. The van der Waals surface area contributed by atoms with Gasteiger partial charge in [0.05, 0.1) is 5.69 Å². The first-order chi connectivity index (χ1) is 9.83. The quantitative estimate of drug-likeness (QED) is 0.770. The van der Waals surface area contributed by atoms with Crippen LogP contribution in [-0.2, 0) is 16.6 Å². The molecule has 0 bridgehead atoms. The molecule has 0 spiro atoms. The molecule has 0 aromatic heterocycles. The van der Waals surface area contributed by atoms with E-state index in [-0.39, 0.29) is 4.90 Å². The fourth-order valence-electron chi connectivity index (χ4n) is 1.83. The van der Waals surface area contributed by atoms with E-state index in [1.807, 2.05) is 13.0 Å². The van der Waals surface area contributed by atoms with Crippen LogP contribution >= 0.6 is 31.9 Å². The Balaban J connectivity index is 2.38. The fraction of sp³-hybridized carbons (Fsp3) is 0.143. The average molecular weight is 434 g/mol. The molecule has 3 N–H and O–H groups in total. The topological polar surface area (TPSA) is 72.2 Å². The molecule has 112 valence electrons. The number of sulfonamides is 1. The maximum absolute atomic E-state index is 12.5. The summed E-state index contributed by atoms with van der Waals surface area (Å²) < 4.78 is 28.9. The lowest BCUT2D eigenvalue weighted by Crippen LogP contribution is -2.14. The Morgan fingerprint density at radius 2 is 1.86 bits per heavy atom. The molecule has 0 atom stereocenters. The Labute approximate surface area is 141 Å². The van der Waals surface area contributed by atoms with Crippen molar-refractivity contribution in [2.45, 2.75) is 18.4 Å². The summed E-state index contributed by atoms with van der Waals surface area (Å²) in [7, 11) is -3.66. The van der Waals surface area contributed by atoms with Gasteiger partial charge in [0, 0.05) is 15.5 Å². The lowest BCUT2D eigenvalue weighted by Gasteiger charge is -2.12. The van der Waals surface area contributed by atoms with Crippen molar-refractivity contribution in [2.75, 3.05) is 4.72 Å². The second-order valence-electron chi connectivity index (χ2n) is 4.53. The Morgan fingerprint density at radius 3 is 2.43 bits per heavy atom. The zero-order valence-electron chi connectivity index (χ0n) is 11.2. The molecule has 4 nitrogen and oxygen atoms in total. The Kier molecular flexibility index (Phi) is 5.08. The van der Waals surface area contributed by atoms with E-state index in [0.717, 1.165) is 15.6 Å². The van der Waals surface area contributed by atoms with Crippen molar-refractivity contribution < 1.29 is 8.42 Å². The molecule has 0 aliphatic rings. The molecule has 0 aliphatic heterocycles. The van der Waals surface area contributed by atoms with E-state index in [9.17, 15) is 8.42 Å². The highest BCUT2D eigenvalue weighted by molar-refractivity contribution is 9.10. The van der Waals surface area contributed by atoms with Gasteiger partial charge in [-0.3, -0.25) is 4.72 Å². The van der Waals surface area contributed by atoms with E-state index >= 15 is 0 Å². The van der Waals surface area contributed by atoms with Crippen LogP contribution in [0.25, 0.3) is 0 Å². The van der Waals surface area contributed by atoms with Crippen LogP contribution in [0.2, 0.25) is 0 Å². The monoisotopic (exact) mass is 432 g/mol. The Bertz CT molecular complexity index is 777. The van der Waals surface area contributed by atoms with Crippen LogP contribution in [0, 0.1) is 6.92 Å². The van der Waals surface area contributed by atoms with Crippen molar-refractivity contribution in [2.24, 2.45) is 5.73 Å². The summed E-state index contributed by atoms with van der Waals surface area (Å²) in [6.45, 7) is 2.20. The predicted octanol–water partition coefficient (Wildman–Crippen LogP) is 3.78. The third-order valence-electron chi connectivity index (χ3n) is 2.95. The van der Waals surface area contributed by atoms with Gasteiger partial charge in [-0.15, -0.1) is 0 Å². The SMILES string of the molecule is Cc1cc(Br)ccc1NS(=O)(=O)c1ccc(CN)cc1Br. The van der Waals surface area contributed by atoms with Gasteiger partial charge in [-0.05, 0) is 64.3 Å². The number of hydrogen-bond acceptors (Lipinski definition) is 3. The van der Waals surface area contributed by atoms with Crippen molar-refractivity contribution in [1.82, 2.24) is 0 Å². The predicted molar refractivity (Wildman–Crippen MR) is 91.7 cm³/mol. The third-order valence-corrected chi connectivity index (χ3v) is 5.79. The summed E-state index contributed by atoms with van der Waals surface area (Å²) >= 11 is 6.64. The van der Waals surface area contributed by atoms with Gasteiger partial charge in [-0.1, -0.05) is 22.0 Å². The van der Waals surface area contributed by atoms with E-state index in [4.69, 9.17) is 5.73 Å². The van der Waals surface area contributed by atoms with Gasteiger partial charge in [0.15, 0.2) is 0 Å². The molecule has 2 rings (SSSR count). The van der Waals surface area contributed by atoms with Gasteiger partial charge in [0.25, 0.3) is 10.0 Å². The van der Waals surface area contributed by atoms with Gasteiger partial charge >= 0.3 is 0 Å². The smallest absolute Gasteiger partial charge is 0.263 e. The fourth-order valence-corrected chi connectivity index (χ4v) is 4.56. The molecule has 0 heterocycles. The third kappa shape index (κ3) is 3.85. The molecule has 0 aliphatic carbocycles. The summed E-state index contributed by atoms with van der Waals surface area (Å²) in [5, 5.41) is 0. The van der Waals surface area contributed by atoms with Crippen LogP contribution in [0.15, 0.2) is 50.2 Å². The molecular weight excluding hydrogens is 420 g/mol. The molecule has 2 aromatic carbocycles. The van der Waals surface area contributed by atoms with Crippen molar-refractivity contribution >= 4 is 47.6 Å². The highest BCUT2D eigenvalue weighted by atomic mass is 79.9. The molecule has 7 heteroatoms. The van der Waals surface area contributed by atoms with Gasteiger partial charge < -0.3 is 5.73 Å². The number of halogens is 2. The van der Waals surface area contributed by atoms with Crippen molar-refractivity contribution in [3.63, 3.8) is 0 Å². The van der Waals surface area contributed by atoms with Crippen LogP contribution in [0.5, 0.6) is 0 Å². The molecule has 0 amide bonds. The number of rotatable bonds is 4. The zero-order chi connectivity index (χ0) is 15.6. The summed E-state index contributed by atoms with van der Waals surface area (Å²) in [5.41, 5.74) is 7.79. The van der Waals surface area contributed by atoms with Crippen molar-refractivity contribution in [3.8, 4) is 0 Å². The lowest BCUT2D eigenvalue weighted by atomic mass is 10.2. The average Bonchev–Trinajstić information content (AvgIpc) is 2.41. The first-order valence-electron chi connectivity index (χ1n) is 6.11. The summed E-state index contributed by atoms with van der Waals surface area (Å²) in [4.78, 5) is 0.182. The second-order valence-corrected chi connectivity index (χ2v) is 7.95. The van der Waals surface area contributed by atoms with Crippen LogP contribution in [-0.4, -0.2) is 8.42 Å². The minimum atomic E-state index is -3.66.